The first-order chi connectivity index (χ1) is 8.77. The topological polar surface area (TPSA) is 47.1 Å². The summed E-state index contributed by atoms with van der Waals surface area (Å²) in [5.74, 6) is 2.38. The maximum atomic E-state index is 6.25. The van der Waals surface area contributed by atoms with Gasteiger partial charge in [-0.3, -0.25) is 4.90 Å². The molecule has 108 valence electrons. The number of rotatable bonds is 2. The molecule has 2 atom stereocenters. The van der Waals surface area contributed by atoms with Gasteiger partial charge >= 0.3 is 0 Å². The van der Waals surface area contributed by atoms with Gasteiger partial charge in [-0.2, -0.15) is 5.10 Å². The number of aromatic nitrogens is 2. The van der Waals surface area contributed by atoms with Gasteiger partial charge in [-0.1, -0.05) is 13.8 Å². The summed E-state index contributed by atoms with van der Waals surface area (Å²) >= 11 is 0. The second-order valence-electron chi connectivity index (χ2n) is 7.28. The molecule has 1 aromatic rings. The summed E-state index contributed by atoms with van der Waals surface area (Å²) in [6.45, 7) is 14.3. The molecule has 4 heteroatoms. The fraction of sp³-hybridized carbons (Fsp3) is 0.800. The Kier molecular flexibility index (Phi) is 3.90. The van der Waals surface area contributed by atoms with Gasteiger partial charge in [0, 0.05) is 25.2 Å². The van der Waals surface area contributed by atoms with E-state index in [0.717, 1.165) is 29.8 Å². The number of piperidine rings is 1. The molecule has 0 radical (unpaired) electrons. The Hall–Kier alpha value is -1.03. The SMILES string of the molecule is CC1CC(C)CN(Cc2cnn(C(C)(C)C)c2N)C1. The maximum Gasteiger partial charge on any atom is 0.126 e. The van der Waals surface area contributed by atoms with E-state index in [4.69, 9.17) is 5.73 Å². The fourth-order valence-electron chi connectivity index (χ4n) is 3.21. The molecule has 0 amide bonds. The molecule has 0 spiro atoms. The van der Waals surface area contributed by atoms with Gasteiger partial charge in [-0.15, -0.1) is 0 Å². The van der Waals surface area contributed by atoms with Gasteiger partial charge in [-0.25, -0.2) is 4.68 Å². The minimum Gasteiger partial charge on any atom is -0.384 e. The number of likely N-dealkylation sites (tertiary alicyclic amines) is 1. The lowest BCUT2D eigenvalue weighted by Crippen LogP contribution is -2.38. The van der Waals surface area contributed by atoms with Crippen molar-refractivity contribution >= 4 is 5.82 Å². The minimum absolute atomic E-state index is 0.0508. The number of nitrogens with zero attached hydrogens (tertiary/aromatic N) is 3. The van der Waals surface area contributed by atoms with Crippen molar-refractivity contribution in [3.05, 3.63) is 11.8 Å². The van der Waals surface area contributed by atoms with Crippen LogP contribution >= 0.6 is 0 Å². The Labute approximate surface area is 117 Å². The third-order valence-electron chi connectivity index (χ3n) is 3.86. The summed E-state index contributed by atoms with van der Waals surface area (Å²) in [5, 5.41) is 4.46. The molecule has 2 unspecified atom stereocenters. The maximum absolute atomic E-state index is 6.25. The van der Waals surface area contributed by atoms with Crippen molar-refractivity contribution in [2.75, 3.05) is 18.8 Å². The van der Waals surface area contributed by atoms with E-state index in [0.29, 0.717) is 0 Å². The number of nitrogens with two attached hydrogens (primary N) is 1. The van der Waals surface area contributed by atoms with Gasteiger partial charge in [0.05, 0.1) is 11.7 Å². The van der Waals surface area contributed by atoms with Gasteiger partial charge in [-0.05, 0) is 39.0 Å². The van der Waals surface area contributed by atoms with Crippen LogP contribution in [0.2, 0.25) is 0 Å². The van der Waals surface area contributed by atoms with Crippen LogP contribution in [0.25, 0.3) is 0 Å². The molecule has 2 rings (SSSR count). The Balaban J connectivity index is 2.09. The highest BCUT2D eigenvalue weighted by Gasteiger charge is 2.24. The molecule has 1 aromatic heterocycles. The van der Waals surface area contributed by atoms with Gasteiger partial charge in [0.1, 0.15) is 5.82 Å². The van der Waals surface area contributed by atoms with Crippen LogP contribution in [-0.2, 0) is 12.1 Å². The summed E-state index contributed by atoms with van der Waals surface area (Å²) in [4.78, 5) is 2.51. The number of hydrogen-bond donors (Lipinski definition) is 1. The van der Waals surface area contributed by atoms with Crippen molar-refractivity contribution < 1.29 is 0 Å². The molecule has 1 aliphatic heterocycles. The molecule has 2 N–H and O–H groups in total. The zero-order valence-corrected chi connectivity index (χ0v) is 13.0. The smallest absolute Gasteiger partial charge is 0.126 e. The van der Waals surface area contributed by atoms with Crippen molar-refractivity contribution in [3.63, 3.8) is 0 Å². The molecule has 0 bridgehead atoms. The molecular weight excluding hydrogens is 236 g/mol. The number of anilines is 1. The first kappa shape index (κ1) is 14.4. The minimum atomic E-state index is -0.0508. The zero-order valence-electron chi connectivity index (χ0n) is 13.0. The Morgan fingerprint density at radius 2 is 1.84 bits per heavy atom. The third kappa shape index (κ3) is 3.30. The molecular formula is C15H28N4. The number of nitrogen functional groups attached to an aromatic ring is 1. The highest BCUT2D eigenvalue weighted by Crippen LogP contribution is 2.26. The van der Waals surface area contributed by atoms with Gasteiger partial charge < -0.3 is 5.73 Å². The lowest BCUT2D eigenvalue weighted by molar-refractivity contribution is 0.134. The summed E-state index contributed by atoms with van der Waals surface area (Å²) in [6, 6.07) is 0. The van der Waals surface area contributed by atoms with Crippen LogP contribution in [0, 0.1) is 11.8 Å². The third-order valence-corrected chi connectivity index (χ3v) is 3.86. The highest BCUT2D eigenvalue weighted by atomic mass is 15.3. The normalized spacial score (nSPS) is 25.7. The van der Waals surface area contributed by atoms with Crippen molar-refractivity contribution in [1.29, 1.82) is 0 Å². The van der Waals surface area contributed by atoms with E-state index >= 15 is 0 Å². The molecule has 4 nitrogen and oxygen atoms in total. The quantitative estimate of drug-likeness (QED) is 0.893. The van der Waals surface area contributed by atoms with E-state index in [1.807, 2.05) is 10.9 Å². The molecule has 1 fully saturated rings. The van der Waals surface area contributed by atoms with E-state index in [2.05, 4.69) is 44.6 Å². The van der Waals surface area contributed by atoms with E-state index in [1.165, 1.54) is 19.5 Å². The van der Waals surface area contributed by atoms with Gasteiger partial charge in [0.2, 0.25) is 0 Å². The van der Waals surface area contributed by atoms with Crippen LogP contribution in [0.15, 0.2) is 6.20 Å². The summed E-state index contributed by atoms with van der Waals surface area (Å²) in [5.41, 5.74) is 7.36. The monoisotopic (exact) mass is 264 g/mol. The molecule has 2 heterocycles. The molecule has 1 aliphatic rings. The molecule has 0 aliphatic carbocycles. The second-order valence-corrected chi connectivity index (χ2v) is 7.28. The second kappa shape index (κ2) is 5.16. The largest absolute Gasteiger partial charge is 0.384 e. The number of hydrogen-bond acceptors (Lipinski definition) is 3. The Morgan fingerprint density at radius 1 is 1.26 bits per heavy atom. The van der Waals surface area contributed by atoms with E-state index in [1.54, 1.807) is 0 Å². The summed E-state index contributed by atoms with van der Waals surface area (Å²) < 4.78 is 1.93. The van der Waals surface area contributed by atoms with Crippen molar-refractivity contribution in [3.8, 4) is 0 Å². The average molecular weight is 264 g/mol. The highest BCUT2D eigenvalue weighted by molar-refractivity contribution is 5.39. The molecule has 19 heavy (non-hydrogen) atoms. The van der Waals surface area contributed by atoms with E-state index in [9.17, 15) is 0 Å². The van der Waals surface area contributed by atoms with Crippen LogP contribution < -0.4 is 5.73 Å². The van der Waals surface area contributed by atoms with Crippen molar-refractivity contribution in [2.24, 2.45) is 11.8 Å². The summed E-state index contributed by atoms with van der Waals surface area (Å²) in [6.07, 6.45) is 3.28. The van der Waals surface area contributed by atoms with Crippen LogP contribution in [-0.4, -0.2) is 27.8 Å². The molecule has 1 saturated heterocycles. The Morgan fingerprint density at radius 3 is 2.32 bits per heavy atom. The van der Waals surface area contributed by atoms with Gasteiger partial charge in [0.15, 0.2) is 0 Å². The molecule has 0 saturated carbocycles. The van der Waals surface area contributed by atoms with E-state index in [-0.39, 0.29) is 5.54 Å². The van der Waals surface area contributed by atoms with Crippen LogP contribution in [0.1, 0.15) is 46.6 Å². The zero-order chi connectivity index (χ0) is 14.2. The lowest BCUT2D eigenvalue weighted by Gasteiger charge is -2.34. The first-order valence-corrected chi connectivity index (χ1v) is 7.32. The standard InChI is InChI=1S/C15H28N4/c1-11-6-12(2)9-18(8-11)10-13-7-17-19(14(13)16)15(3,4)5/h7,11-12H,6,8-10,16H2,1-5H3. The predicted molar refractivity (Wildman–Crippen MR) is 79.9 cm³/mol. The van der Waals surface area contributed by atoms with Crippen LogP contribution in [0.4, 0.5) is 5.82 Å². The van der Waals surface area contributed by atoms with Crippen LogP contribution in [0.3, 0.4) is 0 Å². The average Bonchev–Trinajstić information content (AvgIpc) is 2.58. The van der Waals surface area contributed by atoms with E-state index < -0.39 is 0 Å². The van der Waals surface area contributed by atoms with Crippen molar-refractivity contribution in [2.45, 2.75) is 53.1 Å². The molecule has 0 aromatic carbocycles. The fourth-order valence-corrected chi connectivity index (χ4v) is 3.21. The summed E-state index contributed by atoms with van der Waals surface area (Å²) in [7, 11) is 0. The Bertz CT molecular complexity index is 420. The lowest BCUT2D eigenvalue weighted by atomic mass is 9.92. The van der Waals surface area contributed by atoms with Crippen molar-refractivity contribution in [1.82, 2.24) is 14.7 Å². The van der Waals surface area contributed by atoms with Crippen LogP contribution in [0.5, 0.6) is 0 Å². The van der Waals surface area contributed by atoms with Gasteiger partial charge in [0.25, 0.3) is 0 Å². The predicted octanol–water partition coefficient (Wildman–Crippen LogP) is 2.70. The first-order valence-electron chi connectivity index (χ1n) is 7.32.